The number of carboxylic acids is 1. The molecular formula is C11H14N2O6S2. The van der Waals surface area contributed by atoms with Gasteiger partial charge >= 0.3 is 11.0 Å². The van der Waals surface area contributed by atoms with Crippen LogP contribution in [0.3, 0.4) is 0 Å². The molecule has 2 rings (SSSR count). The maximum absolute atomic E-state index is 12.5. The number of carbonyl (C=O) groups is 1. The second kappa shape index (κ2) is 5.70. The lowest BCUT2D eigenvalue weighted by Crippen LogP contribution is -2.45. The van der Waals surface area contributed by atoms with Gasteiger partial charge in [0.15, 0.2) is 0 Å². The lowest BCUT2D eigenvalue weighted by molar-refractivity contribution is -0.380. The fourth-order valence-electron chi connectivity index (χ4n) is 2.35. The predicted octanol–water partition coefficient (Wildman–Crippen LogP) is 1.39. The molecule has 2 heterocycles. The Labute approximate surface area is 125 Å². The molecule has 0 saturated carbocycles. The average molecular weight is 334 g/mol. The van der Waals surface area contributed by atoms with Crippen molar-refractivity contribution < 1.29 is 23.2 Å². The number of carboxylic acid groups (broad SMARTS) is 1. The highest BCUT2D eigenvalue weighted by Gasteiger charge is 2.37. The third kappa shape index (κ3) is 3.22. The average Bonchev–Trinajstić information content (AvgIpc) is 2.88. The number of hydrogen-bond acceptors (Lipinski definition) is 6. The number of nitrogens with zero attached hydrogens (tertiary/aromatic N) is 2. The van der Waals surface area contributed by atoms with E-state index in [2.05, 4.69) is 0 Å². The Bertz CT molecular complexity index is 668. The molecule has 8 nitrogen and oxygen atoms in total. The van der Waals surface area contributed by atoms with Crippen LogP contribution in [0.25, 0.3) is 0 Å². The lowest BCUT2D eigenvalue weighted by atomic mass is 9.92. The highest BCUT2D eigenvalue weighted by atomic mass is 32.2. The molecule has 1 aromatic rings. The Morgan fingerprint density at radius 3 is 2.67 bits per heavy atom. The van der Waals surface area contributed by atoms with E-state index in [9.17, 15) is 23.3 Å². The number of nitro groups is 1. The Balaban J connectivity index is 2.29. The normalized spacial score (nSPS) is 23.9. The summed E-state index contributed by atoms with van der Waals surface area (Å²) in [6.45, 7) is 1.90. The molecule has 0 aliphatic carbocycles. The zero-order chi connectivity index (χ0) is 15.8. The molecule has 0 radical (unpaired) electrons. The summed E-state index contributed by atoms with van der Waals surface area (Å²) in [4.78, 5) is 21.1. The van der Waals surface area contributed by atoms with Crippen LogP contribution in [-0.4, -0.2) is 41.8 Å². The van der Waals surface area contributed by atoms with Crippen LogP contribution in [0.15, 0.2) is 16.3 Å². The summed E-state index contributed by atoms with van der Waals surface area (Å²) in [5.41, 5.74) is 0. The smallest absolute Gasteiger partial charge is 0.325 e. The van der Waals surface area contributed by atoms with E-state index in [4.69, 9.17) is 5.11 Å². The Morgan fingerprint density at radius 2 is 2.14 bits per heavy atom. The van der Waals surface area contributed by atoms with Crippen LogP contribution in [0, 0.1) is 22.0 Å². The van der Waals surface area contributed by atoms with Gasteiger partial charge in [-0.2, -0.15) is 4.31 Å². The van der Waals surface area contributed by atoms with Crippen LogP contribution in [0.2, 0.25) is 0 Å². The Morgan fingerprint density at radius 1 is 1.48 bits per heavy atom. The number of sulfonamides is 1. The largest absolute Gasteiger partial charge is 0.481 e. The van der Waals surface area contributed by atoms with Crippen LogP contribution in [0.4, 0.5) is 5.00 Å². The topological polar surface area (TPSA) is 118 Å². The van der Waals surface area contributed by atoms with E-state index in [1.165, 1.54) is 6.07 Å². The summed E-state index contributed by atoms with van der Waals surface area (Å²) in [5.74, 6) is -1.86. The van der Waals surface area contributed by atoms with E-state index in [0.29, 0.717) is 17.8 Å². The first-order valence-electron chi connectivity index (χ1n) is 6.19. The van der Waals surface area contributed by atoms with Gasteiger partial charge in [-0.3, -0.25) is 14.9 Å². The van der Waals surface area contributed by atoms with Gasteiger partial charge < -0.3 is 5.11 Å². The molecule has 1 aliphatic heterocycles. The first kappa shape index (κ1) is 15.9. The van der Waals surface area contributed by atoms with Crippen molar-refractivity contribution in [1.82, 2.24) is 4.31 Å². The van der Waals surface area contributed by atoms with Crippen molar-refractivity contribution in [2.45, 2.75) is 17.6 Å². The first-order chi connectivity index (χ1) is 9.71. The lowest BCUT2D eigenvalue weighted by Gasteiger charge is -2.33. The van der Waals surface area contributed by atoms with Crippen molar-refractivity contribution in [3.05, 3.63) is 22.2 Å². The number of piperidine rings is 1. The van der Waals surface area contributed by atoms with Crippen molar-refractivity contribution in [2.75, 3.05) is 13.1 Å². The predicted molar refractivity (Wildman–Crippen MR) is 74.6 cm³/mol. The molecule has 1 N–H and O–H groups in total. The van der Waals surface area contributed by atoms with Crippen molar-refractivity contribution in [2.24, 2.45) is 11.8 Å². The standard InChI is InChI=1S/C11H14N2O6S2/c1-7-4-8(11(14)15)6-12(5-7)21(18,19)10-3-2-9(20-10)13(16)17/h2-3,7-8H,4-6H2,1H3,(H,14,15). The Kier molecular flexibility index (Phi) is 4.30. The van der Waals surface area contributed by atoms with Gasteiger partial charge in [-0.25, -0.2) is 8.42 Å². The molecule has 1 aliphatic rings. The highest BCUT2D eigenvalue weighted by Crippen LogP contribution is 2.33. The third-order valence-electron chi connectivity index (χ3n) is 3.32. The number of hydrogen-bond donors (Lipinski definition) is 1. The fourth-order valence-corrected chi connectivity index (χ4v) is 5.22. The molecule has 2 atom stereocenters. The van der Waals surface area contributed by atoms with E-state index in [0.717, 1.165) is 10.4 Å². The third-order valence-corrected chi connectivity index (χ3v) is 6.65. The summed E-state index contributed by atoms with van der Waals surface area (Å²) < 4.78 is 25.9. The molecule has 10 heteroatoms. The molecule has 21 heavy (non-hydrogen) atoms. The van der Waals surface area contributed by atoms with Gasteiger partial charge in [0, 0.05) is 19.2 Å². The first-order valence-corrected chi connectivity index (χ1v) is 8.44. The minimum Gasteiger partial charge on any atom is -0.481 e. The fraction of sp³-hybridized carbons (Fsp3) is 0.545. The maximum atomic E-state index is 12.5. The molecule has 0 spiro atoms. The van der Waals surface area contributed by atoms with Gasteiger partial charge in [0.2, 0.25) is 0 Å². The van der Waals surface area contributed by atoms with Crippen LogP contribution in [-0.2, 0) is 14.8 Å². The maximum Gasteiger partial charge on any atom is 0.325 e. The second-order valence-corrected chi connectivity index (χ2v) is 8.27. The van der Waals surface area contributed by atoms with E-state index >= 15 is 0 Å². The molecule has 0 aromatic carbocycles. The molecule has 0 bridgehead atoms. The SMILES string of the molecule is CC1CC(C(=O)O)CN(S(=O)(=O)c2ccc([N+](=O)[O-])s2)C1. The van der Waals surface area contributed by atoms with E-state index < -0.39 is 26.8 Å². The molecule has 116 valence electrons. The summed E-state index contributed by atoms with van der Waals surface area (Å²) in [6, 6.07) is 2.33. The number of aliphatic carboxylic acids is 1. The monoisotopic (exact) mass is 334 g/mol. The zero-order valence-electron chi connectivity index (χ0n) is 11.1. The Hall–Kier alpha value is -1.52. The summed E-state index contributed by atoms with van der Waals surface area (Å²) in [6.07, 6.45) is 0.423. The minimum absolute atomic E-state index is 0.0791. The van der Waals surface area contributed by atoms with Crippen LogP contribution in [0.1, 0.15) is 13.3 Å². The van der Waals surface area contributed by atoms with Crippen LogP contribution in [0.5, 0.6) is 0 Å². The van der Waals surface area contributed by atoms with Crippen molar-refractivity contribution in [3.63, 3.8) is 0 Å². The van der Waals surface area contributed by atoms with E-state index in [1.807, 2.05) is 0 Å². The quantitative estimate of drug-likeness (QED) is 0.656. The molecule has 1 saturated heterocycles. The zero-order valence-corrected chi connectivity index (χ0v) is 12.8. The van der Waals surface area contributed by atoms with Gasteiger partial charge in [0.1, 0.15) is 4.21 Å². The second-order valence-electron chi connectivity index (χ2n) is 5.05. The minimum atomic E-state index is -3.89. The summed E-state index contributed by atoms with van der Waals surface area (Å²) in [7, 11) is -3.89. The molecule has 1 fully saturated rings. The van der Waals surface area contributed by atoms with E-state index in [1.54, 1.807) is 6.92 Å². The van der Waals surface area contributed by atoms with Gasteiger partial charge in [0.05, 0.1) is 10.8 Å². The molecule has 1 aromatic heterocycles. The highest BCUT2D eigenvalue weighted by molar-refractivity contribution is 7.91. The van der Waals surface area contributed by atoms with Gasteiger partial charge in [-0.1, -0.05) is 6.92 Å². The van der Waals surface area contributed by atoms with Gasteiger partial charge in [-0.15, -0.1) is 0 Å². The van der Waals surface area contributed by atoms with Crippen molar-refractivity contribution in [1.29, 1.82) is 0 Å². The van der Waals surface area contributed by atoms with Crippen molar-refractivity contribution in [3.8, 4) is 0 Å². The molecule has 0 amide bonds. The molecule has 2 unspecified atom stereocenters. The number of rotatable bonds is 4. The van der Waals surface area contributed by atoms with Crippen molar-refractivity contribution >= 4 is 32.3 Å². The summed E-state index contributed by atoms with van der Waals surface area (Å²) in [5, 5.41) is 19.5. The number of thiophene rings is 1. The van der Waals surface area contributed by atoms with Crippen LogP contribution >= 0.6 is 11.3 Å². The summed E-state index contributed by atoms with van der Waals surface area (Å²) >= 11 is 0.576. The van der Waals surface area contributed by atoms with Crippen LogP contribution < -0.4 is 0 Å². The molecular weight excluding hydrogens is 320 g/mol. The van der Waals surface area contributed by atoms with Gasteiger partial charge in [0.25, 0.3) is 10.0 Å². The van der Waals surface area contributed by atoms with E-state index in [-0.39, 0.29) is 28.2 Å². The van der Waals surface area contributed by atoms with Gasteiger partial charge in [-0.05, 0) is 29.7 Å².